The number of piperidine rings is 1. The van der Waals surface area contributed by atoms with Gasteiger partial charge in [0, 0.05) is 30.9 Å². The average Bonchev–Trinajstić information content (AvgIpc) is 2.63. The lowest BCUT2D eigenvalue weighted by Gasteiger charge is -2.35. The second-order valence-corrected chi connectivity index (χ2v) is 7.22. The molecule has 0 aliphatic carbocycles. The molecule has 0 aromatic heterocycles. The van der Waals surface area contributed by atoms with Gasteiger partial charge in [-0.15, -0.1) is 0 Å². The van der Waals surface area contributed by atoms with Crippen molar-refractivity contribution in [3.05, 3.63) is 63.2 Å². The van der Waals surface area contributed by atoms with Crippen molar-refractivity contribution >= 4 is 17.1 Å². The largest absolute Gasteiger partial charge is 0.381 e. The van der Waals surface area contributed by atoms with Crippen molar-refractivity contribution in [1.82, 2.24) is 0 Å². The molecule has 0 radical (unpaired) electrons. The van der Waals surface area contributed by atoms with Crippen LogP contribution in [0.15, 0.2) is 36.4 Å². The summed E-state index contributed by atoms with van der Waals surface area (Å²) in [6.07, 6.45) is 3.38. The fourth-order valence-electron chi connectivity index (χ4n) is 3.66. The average molecular weight is 353 g/mol. The number of nitrogens with one attached hydrogen (secondary N) is 1. The first-order valence-electron chi connectivity index (χ1n) is 9.31. The van der Waals surface area contributed by atoms with Crippen LogP contribution >= 0.6 is 0 Å². The molecule has 0 amide bonds. The molecule has 5 nitrogen and oxygen atoms in total. The van der Waals surface area contributed by atoms with Crippen LogP contribution in [0.1, 0.15) is 42.9 Å². The zero-order valence-corrected chi connectivity index (χ0v) is 15.8. The Morgan fingerprint density at radius 2 is 2.04 bits per heavy atom. The van der Waals surface area contributed by atoms with E-state index in [1.807, 2.05) is 24.3 Å². The summed E-state index contributed by atoms with van der Waals surface area (Å²) < 4.78 is 0. The van der Waals surface area contributed by atoms with Gasteiger partial charge in [-0.2, -0.15) is 0 Å². The summed E-state index contributed by atoms with van der Waals surface area (Å²) in [6, 6.07) is 12.1. The van der Waals surface area contributed by atoms with Gasteiger partial charge in [0.05, 0.1) is 4.92 Å². The predicted octanol–water partition coefficient (Wildman–Crippen LogP) is 5.20. The lowest BCUT2D eigenvalue weighted by atomic mass is 10.0. The first kappa shape index (κ1) is 18.2. The van der Waals surface area contributed by atoms with Crippen molar-refractivity contribution in [2.75, 3.05) is 16.8 Å². The van der Waals surface area contributed by atoms with Crippen molar-refractivity contribution in [3.8, 4) is 0 Å². The Hall–Kier alpha value is -2.56. The number of aryl methyl sites for hydroxylation is 1. The number of nitrogens with zero attached hydrogens (tertiary/aromatic N) is 2. The van der Waals surface area contributed by atoms with E-state index in [-0.39, 0.29) is 10.6 Å². The molecule has 26 heavy (non-hydrogen) atoms. The molecule has 2 aromatic carbocycles. The van der Waals surface area contributed by atoms with Crippen LogP contribution in [0, 0.1) is 24.0 Å². The lowest BCUT2D eigenvalue weighted by Crippen LogP contribution is -2.37. The molecule has 1 atom stereocenters. The number of nitro groups is 1. The minimum absolute atomic E-state index is 0.207. The van der Waals surface area contributed by atoms with Crippen molar-refractivity contribution < 1.29 is 4.92 Å². The van der Waals surface area contributed by atoms with Crippen molar-refractivity contribution in [2.24, 2.45) is 0 Å². The molecule has 0 saturated carbocycles. The summed E-state index contributed by atoms with van der Waals surface area (Å²) in [4.78, 5) is 13.6. The quantitative estimate of drug-likeness (QED) is 0.593. The van der Waals surface area contributed by atoms with Crippen LogP contribution in [-0.2, 0) is 6.54 Å². The highest BCUT2D eigenvalue weighted by atomic mass is 16.6. The van der Waals surface area contributed by atoms with Gasteiger partial charge in [-0.25, -0.2) is 0 Å². The molecular formula is C21H27N3O2. The minimum atomic E-state index is -0.252. The fraction of sp³-hybridized carbons (Fsp3) is 0.429. The summed E-state index contributed by atoms with van der Waals surface area (Å²) in [5.74, 6) is 0. The Bertz CT molecular complexity index is 804. The van der Waals surface area contributed by atoms with E-state index in [4.69, 9.17) is 0 Å². The number of benzene rings is 2. The maximum atomic E-state index is 11.7. The molecule has 3 rings (SSSR count). The van der Waals surface area contributed by atoms with E-state index in [2.05, 4.69) is 37.1 Å². The van der Waals surface area contributed by atoms with E-state index in [1.165, 1.54) is 17.5 Å². The smallest absolute Gasteiger partial charge is 0.292 e. The van der Waals surface area contributed by atoms with Gasteiger partial charge >= 0.3 is 0 Å². The third kappa shape index (κ3) is 3.82. The Balaban J connectivity index is 1.82. The molecule has 0 unspecified atom stereocenters. The van der Waals surface area contributed by atoms with Gasteiger partial charge < -0.3 is 10.2 Å². The first-order valence-corrected chi connectivity index (χ1v) is 9.31. The SMILES string of the molecule is Cc1cccc(NCc2ccc(N3CCCC[C@H]3C)c([N+](=O)[O-])c2)c1C. The van der Waals surface area contributed by atoms with E-state index < -0.39 is 0 Å². The van der Waals surface area contributed by atoms with Crippen LogP contribution in [0.25, 0.3) is 0 Å². The van der Waals surface area contributed by atoms with Crippen LogP contribution in [0.5, 0.6) is 0 Å². The fourth-order valence-corrected chi connectivity index (χ4v) is 3.66. The lowest BCUT2D eigenvalue weighted by molar-refractivity contribution is -0.384. The Morgan fingerprint density at radius 3 is 2.77 bits per heavy atom. The van der Waals surface area contributed by atoms with Crippen LogP contribution in [0.4, 0.5) is 17.1 Å². The van der Waals surface area contributed by atoms with Crippen molar-refractivity contribution in [1.29, 1.82) is 0 Å². The second kappa shape index (κ2) is 7.77. The number of rotatable bonds is 5. The number of hydrogen-bond acceptors (Lipinski definition) is 4. The molecule has 1 aliphatic rings. The predicted molar refractivity (Wildman–Crippen MR) is 107 cm³/mol. The van der Waals surface area contributed by atoms with Gasteiger partial charge in [0.2, 0.25) is 0 Å². The molecule has 0 spiro atoms. The van der Waals surface area contributed by atoms with E-state index in [0.29, 0.717) is 12.6 Å². The Morgan fingerprint density at radius 1 is 1.23 bits per heavy atom. The summed E-state index contributed by atoms with van der Waals surface area (Å²) >= 11 is 0. The van der Waals surface area contributed by atoms with Crippen LogP contribution in [-0.4, -0.2) is 17.5 Å². The highest BCUT2D eigenvalue weighted by Gasteiger charge is 2.25. The van der Waals surface area contributed by atoms with Crippen LogP contribution in [0.3, 0.4) is 0 Å². The molecule has 1 N–H and O–H groups in total. The molecule has 0 bridgehead atoms. The molecule has 1 saturated heterocycles. The Kier molecular flexibility index (Phi) is 5.45. The van der Waals surface area contributed by atoms with Crippen molar-refractivity contribution in [2.45, 2.75) is 52.6 Å². The van der Waals surface area contributed by atoms with Crippen LogP contribution < -0.4 is 10.2 Å². The van der Waals surface area contributed by atoms with E-state index >= 15 is 0 Å². The second-order valence-electron chi connectivity index (χ2n) is 7.22. The van der Waals surface area contributed by atoms with Gasteiger partial charge in [0.1, 0.15) is 5.69 Å². The summed E-state index contributed by atoms with van der Waals surface area (Å²) in [5.41, 5.74) is 5.39. The van der Waals surface area contributed by atoms with Gasteiger partial charge in [-0.05, 0) is 68.9 Å². The number of hydrogen-bond donors (Lipinski definition) is 1. The third-order valence-corrected chi connectivity index (χ3v) is 5.44. The Labute approximate surface area is 155 Å². The normalized spacial score (nSPS) is 17.2. The number of nitro benzene ring substituents is 1. The van der Waals surface area contributed by atoms with Crippen molar-refractivity contribution in [3.63, 3.8) is 0 Å². The molecular weight excluding hydrogens is 326 g/mol. The van der Waals surface area contributed by atoms with Gasteiger partial charge in [-0.1, -0.05) is 18.2 Å². The van der Waals surface area contributed by atoms with Gasteiger partial charge in [-0.3, -0.25) is 10.1 Å². The first-order chi connectivity index (χ1) is 12.5. The summed E-state index contributed by atoms with van der Waals surface area (Å²) in [6.45, 7) is 7.78. The van der Waals surface area contributed by atoms with Gasteiger partial charge in [0.15, 0.2) is 0 Å². The summed E-state index contributed by atoms with van der Waals surface area (Å²) in [7, 11) is 0. The zero-order valence-electron chi connectivity index (χ0n) is 15.8. The monoisotopic (exact) mass is 353 g/mol. The zero-order chi connectivity index (χ0) is 18.7. The molecule has 5 heteroatoms. The highest BCUT2D eigenvalue weighted by molar-refractivity contribution is 5.65. The standard InChI is InChI=1S/C21H27N3O2/c1-15-7-6-9-19(17(15)3)22-14-18-10-11-20(21(13-18)24(25)26)23-12-5-4-8-16(23)2/h6-7,9-11,13,16,22H,4-5,8,12,14H2,1-3H3/t16-/m1/s1. The number of anilines is 2. The van der Waals surface area contributed by atoms with Gasteiger partial charge in [0.25, 0.3) is 5.69 Å². The van der Waals surface area contributed by atoms with E-state index in [0.717, 1.165) is 36.3 Å². The third-order valence-electron chi connectivity index (χ3n) is 5.44. The van der Waals surface area contributed by atoms with Crippen LogP contribution in [0.2, 0.25) is 0 Å². The molecule has 1 fully saturated rings. The van der Waals surface area contributed by atoms with E-state index in [1.54, 1.807) is 6.07 Å². The molecule has 138 valence electrons. The highest BCUT2D eigenvalue weighted by Crippen LogP contribution is 2.34. The molecule has 1 heterocycles. The topological polar surface area (TPSA) is 58.4 Å². The maximum Gasteiger partial charge on any atom is 0.292 e. The molecule has 2 aromatic rings. The summed E-state index contributed by atoms with van der Waals surface area (Å²) in [5, 5.41) is 15.1. The molecule has 1 aliphatic heterocycles. The maximum absolute atomic E-state index is 11.7. The van der Waals surface area contributed by atoms with E-state index in [9.17, 15) is 10.1 Å². The minimum Gasteiger partial charge on any atom is -0.381 e.